The average Bonchev–Trinajstić information content (AvgIpc) is 3.24. The highest BCUT2D eigenvalue weighted by atomic mass is 16.2. The summed E-state index contributed by atoms with van der Waals surface area (Å²) in [5.74, 6) is -0.374. The van der Waals surface area contributed by atoms with Crippen molar-refractivity contribution in [3.8, 4) is 5.69 Å². The molecule has 7 nitrogen and oxygen atoms in total. The standard InChI is InChI=1S/C25H29N5O2/c1-2-23-22(16-27-30(23)21-9-4-3-5-10-21)25(32)28-20-8-6-7-18(15-20)17-29-13-11-19(12-14-29)24(26)31/h3-10,15-16,19H,2,11-14,17H2,1H3,(H2,26,31)(H,28,32). The smallest absolute Gasteiger partial charge is 0.259 e. The van der Waals surface area contributed by atoms with Crippen molar-refractivity contribution in [3.63, 3.8) is 0 Å². The summed E-state index contributed by atoms with van der Waals surface area (Å²) >= 11 is 0. The number of carbonyl (C=O) groups is 2. The lowest BCUT2D eigenvalue weighted by molar-refractivity contribution is -0.123. The van der Waals surface area contributed by atoms with E-state index in [1.54, 1.807) is 6.20 Å². The predicted octanol–water partition coefficient (Wildman–Crippen LogP) is 3.38. The van der Waals surface area contributed by atoms with Crippen molar-refractivity contribution >= 4 is 17.5 Å². The summed E-state index contributed by atoms with van der Waals surface area (Å²) in [4.78, 5) is 26.7. The highest BCUT2D eigenvalue weighted by molar-refractivity contribution is 6.05. The second kappa shape index (κ2) is 9.78. The van der Waals surface area contributed by atoms with E-state index in [2.05, 4.69) is 21.4 Å². The normalized spacial score (nSPS) is 14.9. The Kier molecular flexibility index (Phi) is 6.66. The van der Waals surface area contributed by atoms with E-state index in [0.717, 1.165) is 55.1 Å². The number of hydrogen-bond acceptors (Lipinski definition) is 4. The number of nitrogens with two attached hydrogens (primary N) is 1. The van der Waals surface area contributed by atoms with Crippen LogP contribution in [0.5, 0.6) is 0 Å². The van der Waals surface area contributed by atoms with Crippen LogP contribution in [0, 0.1) is 5.92 Å². The van der Waals surface area contributed by atoms with Gasteiger partial charge in [0.2, 0.25) is 5.91 Å². The number of benzene rings is 2. The van der Waals surface area contributed by atoms with E-state index >= 15 is 0 Å². The molecule has 1 aliphatic rings. The number of hydrogen-bond donors (Lipinski definition) is 2. The summed E-state index contributed by atoms with van der Waals surface area (Å²) in [6.07, 6.45) is 3.93. The maximum atomic E-state index is 13.0. The summed E-state index contributed by atoms with van der Waals surface area (Å²) in [5.41, 5.74) is 9.70. The molecule has 1 aromatic heterocycles. The summed E-state index contributed by atoms with van der Waals surface area (Å²) < 4.78 is 1.82. The Labute approximate surface area is 188 Å². The van der Waals surface area contributed by atoms with Crippen molar-refractivity contribution in [1.29, 1.82) is 0 Å². The molecular formula is C25H29N5O2. The highest BCUT2D eigenvalue weighted by Gasteiger charge is 2.23. The van der Waals surface area contributed by atoms with Crippen LogP contribution in [-0.4, -0.2) is 39.6 Å². The maximum absolute atomic E-state index is 13.0. The molecule has 0 atom stereocenters. The molecule has 0 radical (unpaired) electrons. The molecule has 1 fully saturated rings. The number of anilines is 1. The first-order valence-corrected chi connectivity index (χ1v) is 11.1. The monoisotopic (exact) mass is 431 g/mol. The number of aromatic nitrogens is 2. The number of nitrogens with zero attached hydrogens (tertiary/aromatic N) is 3. The molecule has 0 saturated carbocycles. The SMILES string of the molecule is CCc1c(C(=O)Nc2cccc(CN3CCC(C(N)=O)CC3)c2)cnn1-c1ccccc1. The summed E-state index contributed by atoms with van der Waals surface area (Å²) in [5, 5.41) is 7.47. The van der Waals surface area contributed by atoms with Crippen LogP contribution in [0.1, 0.15) is 41.4 Å². The molecule has 0 aliphatic carbocycles. The number of likely N-dealkylation sites (tertiary alicyclic amines) is 1. The fourth-order valence-electron chi connectivity index (χ4n) is 4.28. The van der Waals surface area contributed by atoms with Crippen molar-refractivity contribution in [3.05, 3.63) is 77.6 Å². The molecule has 1 aliphatic heterocycles. The molecule has 2 amide bonds. The van der Waals surface area contributed by atoms with Crippen molar-refractivity contribution in [2.24, 2.45) is 11.7 Å². The van der Waals surface area contributed by atoms with E-state index in [9.17, 15) is 9.59 Å². The van der Waals surface area contributed by atoms with Crippen LogP contribution in [0.2, 0.25) is 0 Å². The second-order valence-electron chi connectivity index (χ2n) is 8.21. The molecular weight excluding hydrogens is 402 g/mol. The zero-order valence-electron chi connectivity index (χ0n) is 18.3. The average molecular weight is 432 g/mol. The maximum Gasteiger partial charge on any atom is 0.259 e. The molecule has 0 spiro atoms. The zero-order chi connectivity index (χ0) is 22.5. The molecule has 1 saturated heterocycles. The van der Waals surface area contributed by atoms with Gasteiger partial charge < -0.3 is 11.1 Å². The number of amides is 2. The van der Waals surface area contributed by atoms with Crippen LogP contribution in [0.15, 0.2) is 60.8 Å². The van der Waals surface area contributed by atoms with Gasteiger partial charge in [0.05, 0.1) is 23.1 Å². The molecule has 0 bridgehead atoms. The van der Waals surface area contributed by atoms with Crippen molar-refractivity contribution in [1.82, 2.24) is 14.7 Å². The van der Waals surface area contributed by atoms with Crippen LogP contribution in [0.25, 0.3) is 5.69 Å². The summed E-state index contributed by atoms with van der Waals surface area (Å²) in [7, 11) is 0. The Morgan fingerprint density at radius 2 is 1.84 bits per heavy atom. The van der Waals surface area contributed by atoms with Gasteiger partial charge in [0.25, 0.3) is 5.91 Å². The first-order chi connectivity index (χ1) is 15.5. The van der Waals surface area contributed by atoms with E-state index in [0.29, 0.717) is 12.0 Å². The third kappa shape index (κ3) is 4.89. The van der Waals surface area contributed by atoms with E-state index in [4.69, 9.17) is 5.73 Å². The number of piperidine rings is 1. The Morgan fingerprint density at radius 3 is 2.53 bits per heavy atom. The quantitative estimate of drug-likeness (QED) is 0.600. The minimum Gasteiger partial charge on any atom is -0.369 e. The van der Waals surface area contributed by atoms with E-state index in [1.807, 2.05) is 60.1 Å². The zero-order valence-corrected chi connectivity index (χ0v) is 18.3. The van der Waals surface area contributed by atoms with E-state index in [1.165, 1.54) is 0 Å². The lowest BCUT2D eigenvalue weighted by atomic mass is 9.96. The number of primary amides is 1. The lowest BCUT2D eigenvalue weighted by Crippen LogP contribution is -2.38. The topological polar surface area (TPSA) is 93.2 Å². The Morgan fingerprint density at radius 1 is 1.09 bits per heavy atom. The number of carbonyl (C=O) groups excluding carboxylic acids is 2. The predicted molar refractivity (Wildman–Crippen MR) is 125 cm³/mol. The molecule has 166 valence electrons. The van der Waals surface area contributed by atoms with Crippen LogP contribution < -0.4 is 11.1 Å². The number of para-hydroxylation sites is 1. The van der Waals surface area contributed by atoms with E-state index < -0.39 is 0 Å². The highest BCUT2D eigenvalue weighted by Crippen LogP contribution is 2.21. The first-order valence-electron chi connectivity index (χ1n) is 11.1. The van der Waals surface area contributed by atoms with Gasteiger partial charge in [0, 0.05) is 18.2 Å². The molecule has 4 rings (SSSR count). The molecule has 2 heterocycles. The number of rotatable bonds is 7. The van der Waals surface area contributed by atoms with Gasteiger partial charge in [-0.1, -0.05) is 37.3 Å². The molecule has 3 N–H and O–H groups in total. The minimum absolute atomic E-state index is 0.0126. The fraction of sp³-hybridized carbons (Fsp3) is 0.320. The van der Waals surface area contributed by atoms with Gasteiger partial charge in [-0.25, -0.2) is 4.68 Å². The van der Waals surface area contributed by atoms with Crippen molar-refractivity contribution in [2.75, 3.05) is 18.4 Å². The summed E-state index contributed by atoms with van der Waals surface area (Å²) in [6, 6.07) is 17.7. The Balaban J connectivity index is 1.43. The fourth-order valence-corrected chi connectivity index (χ4v) is 4.28. The molecule has 32 heavy (non-hydrogen) atoms. The first kappa shape index (κ1) is 21.8. The van der Waals surface area contributed by atoms with Crippen LogP contribution in [-0.2, 0) is 17.8 Å². The third-order valence-electron chi connectivity index (χ3n) is 6.03. The van der Waals surface area contributed by atoms with Crippen LogP contribution in [0.3, 0.4) is 0 Å². The van der Waals surface area contributed by atoms with Crippen LogP contribution >= 0.6 is 0 Å². The summed E-state index contributed by atoms with van der Waals surface area (Å²) in [6.45, 7) is 4.50. The minimum atomic E-state index is -0.198. The van der Waals surface area contributed by atoms with Crippen molar-refractivity contribution in [2.45, 2.75) is 32.7 Å². The molecule has 7 heteroatoms. The largest absolute Gasteiger partial charge is 0.369 e. The van der Waals surface area contributed by atoms with Crippen LogP contribution in [0.4, 0.5) is 5.69 Å². The molecule has 2 aromatic carbocycles. The van der Waals surface area contributed by atoms with Gasteiger partial charge in [-0.15, -0.1) is 0 Å². The molecule has 3 aromatic rings. The van der Waals surface area contributed by atoms with Gasteiger partial charge in [0.1, 0.15) is 0 Å². The Hall–Kier alpha value is -3.45. The lowest BCUT2D eigenvalue weighted by Gasteiger charge is -2.30. The molecule has 0 unspecified atom stereocenters. The van der Waals surface area contributed by atoms with Gasteiger partial charge in [-0.05, 0) is 62.2 Å². The van der Waals surface area contributed by atoms with E-state index in [-0.39, 0.29) is 17.7 Å². The van der Waals surface area contributed by atoms with Gasteiger partial charge >= 0.3 is 0 Å². The van der Waals surface area contributed by atoms with Gasteiger partial charge in [0.15, 0.2) is 0 Å². The van der Waals surface area contributed by atoms with Crippen molar-refractivity contribution < 1.29 is 9.59 Å². The number of nitrogens with one attached hydrogen (secondary N) is 1. The van der Waals surface area contributed by atoms with Gasteiger partial charge in [-0.2, -0.15) is 5.10 Å². The third-order valence-corrected chi connectivity index (χ3v) is 6.03. The van der Waals surface area contributed by atoms with Gasteiger partial charge in [-0.3, -0.25) is 14.5 Å². The Bertz CT molecular complexity index is 1080. The second-order valence-corrected chi connectivity index (χ2v) is 8.21.